The lowest BCUT2D eigenvalue weighted by atomic mass is 10.5. The van der Waals surface area contributed by atoms with Crippen molar-refractivity contribution < 1.29 is 4.21 Å². The topological polar surface area (TPSA) is 74.8 Å². The molecule has 1 rings (SSSR count). The number of hydrogen-bond acceptors (Lipinski definition) is 4. The van der Waals surface area contributed by atoms with Crippen molar-refractivity contribution in [1.82, 2.24) is 9.97 Å². The average Bonchev–Trinajstić information content (AvgIpc) is 2.24. The molecule has 5 nitrogen and oxygen atoms in total. The lowest BCUT2D eigenvalue weighted by molar-refractivity contribution is 0.684. The molecule has 0 saturated heterocycles. The van der Waals surface area contributed by atoms with E-state index in [1.54, 1.807) is 0 Å². The van der Waals surface area contributed by atoms with Gasteiger partial charge in [0.05, 0.1) is 6.33 Å². The molecule has 0 fully saturated rings. The molecule has 0 aliphatic rings. The smallest absolute Gasteiger partial charge is 0.266 e. The third-order valence-corrected chi connectivity index (χ3v) is 4.04. The second-order valence-electron chi connectivity index (χ2n) is 2.75. The molecule has 0 radical (unpaired) electrons. The van der Waals surface area contributed by atoms with Crippen molar-refractivity contribution >= 4 is 39.2 Å². The molecule has 0 amide bonds. The van der Waals surface area contributed by atoms with Crippen molar-refractivity contribution in [3.05, 3.63) is 20.3 Å². The van der Waals surface area contributed by atoms with Gasteiger partial charge in [-0.05, 0) is 22.6 Å². The van der Waals surface area contributed by atoms with Gasteiger partial charge >= 0.3 is 0 Å². The first kappa shape index (κ1) is 12.6. The van der Waals surface area contributed by atoms with Crippen LogP contribution in [0.3, 0.4) is 0 Å². The fourth-order valence-electron chi connectivity index (χ4n) is 0.934. The van der Waals surface area contributed by atoms with Crippen LogP contribution in [0.5, 0.6) is 0 Å². The number of aromatic nitrogens is 2. The number of H-pyrrole nitrogens is 1. The summed E-state index contributed by atoms with van der Waals surface area (Å²) in [5, 5.41) is 2.99. The highest BCUT2D eigenvalue weighted by Gasteiger charge is 2.04. The van der Waals surface area contributed by atoms with Gasteiger partial charge in [0.25, 0.3) is 5.56 Å². The van der Waals surface area contributed by atoms with Gasteiger partial charge in [0.15, 0.2) is 0 Å². The van der Waals surface area contributed by atoms with Crippen molar-refractivity contribution in [3.8, 4) is 0 Å². The molecule has 1 atom stereocenters. The average molecular weight is 341 g/mol. The van der Waals surface area contributed by atoms with Gasteiger partial charge in [0, 0.05) is 28.9 Å². The Labute approximate surface area is 104 Å². The summed E-state index contributed by atoms with van der Waals surface area (Å²) in [5.74, 6) is 1.77. The van der Waals surface area contributed by atoms with E-state index >= 15 is 0 Å². The summed E-state index contributed by atoms with van der Waals surface area (Å²) in [7, 11) is -0.791. The predicted molar refractivity (Wildman–Crippen MR) is 69.6 cm³/mol. The minimum Gasteiger partial charge on any atom is -0.368 e. The maximum Gasteiger partial charge on any atom is 0.266 e. The number of anilines is 1. The molecular weight excluding hydrogens is 329 g/mol. The summed E-state index contributed by atoms with van der Waals surface area (Å²) in [6.07, 6.45) is 1.35. The SMILES string of the molecule is CCS(=O)CCNc1nc[nH]c(=O)c1I. The lowest BCUT2D eigenvalue weighted by Gasteiger charge is -2.05. The molecule has 0 spiro atoms. The summed E-state index contributed by atoms with van der Waals surface area (Å²) in [4.78, 5) is 17.7. The maximum atomic E-state index is 11.2. The Morgan fingerprint density at radius 3 is 3.07 bits per heavy atom. The molecule has 0 aliphatic carbocycles. The van der Waals surface area contributed by atoms with Crippen LogP contribution in [0.25, 0.3) is 0 Å². The van der Waals surface area contributed by atoms with Gasteiger partial charge in [-0.25, -0.2) is 4.98 Å². The Balaban J connectivity index is 2.55. The van der Waals surface area contributed by atoms with E-state index < -0.39 is 10.8 Å². The summed E-state index contributed by atoms with van der Waals surface area (Å²) in [6, 6.07) is 0. The monoisotopic (exact) mass is 341 g/mol. The number of hydrogen-bond donors (Lipinski definition) is 2. The third-order valence-electron chi connectivity index (χ3n) is 1.74. The summed E-state index contributed by atoms with van der Waals surface area (Å²) in [6.45, 7) is 2.44. The molecule has 7 heteroatoms. The molecule has 1 heterocycles. The Kier molecular flexibility index (Phi) is 5.23. The molecule has 0 aliphatic heterocycles. The van der Waals surface area contributed by atoms with Crippen LogP contribution in [0.4, 0.5) is 5.82 Å². The van der Waals surface area contributed by atoms with Crippen LogP contribution in [0.2, 0.25) is 0 Å². The second-order valence-corrected chi connectivity index (χ2v) is 5.70. The van der Waals surface area contributed by atoms with E-state index in [2.05, 4.69) is 15.3 Å². The van der Waals surface area contributed by atoms with Crippen LogP contribution >= 0.6 is 22.6 Å². The fourth-order valence-corrected chi connectivity index (χ4v) is 2.04. The predicted octanol–water partition coefficient (Wildman–Crippen LogP) is 0.555. The van der Waals surface area contributed by atoms with Gasteiger partial charge in [-0.3, -0.25) is 9.00 Å². The van der Waals surface area contributed by atoms with Gasteiger partial charge in [0.1, 0.15) is 9.39 Å². The molecule has 2 N–H and O–H groups in total. The third kappa shape index (κ3) is 3.90. The first-order valence-electron chi connectivity index (χ1n) is 4.47. The van der Waals surface area contributed by atoms with Crippen LogP contribution < -0.4 is 10.9 Å². The quantitative estimate of drug-likeness (QED) is 0.768. The van der Waals surface area contributed by atoms with Crippen LogP contribution in [0, 0.1) is 3.57 Å². The highest BCUT2D eigenvalue weighted by Crippen LogP contribution is 2.07. The molecular formula is C8H12IN3O2S. The molecule has 0 bridgehead atoms. The number of halogens is 1. The molecule has 1 aromatic rings. The minimum atomic E-state index is -0.791. The van der Waals surface area contributed by atoms with E-state index in [1.807, 2.05) is 29.5 Å². The first-order valence-corrected chi connectivity index (χ1v) is 7.04. The van der Waals surface area contributed by atoms with Gasteiger partial charge in [-0.2, -0.15) is 0 Å². The van der Waals surface area contributed by atoms with Crippen molar-refractivity contribution in [2.45, 2.75) is 6.92 Å². The van der Waals surface area contributed by atoms with Crippen LogP contribution in [0.1, 0.15) is 6.92 Å². The number of aromatic amines is 1. The zero-order valence-electron chi connectivity index (χ0n) is 8.25. The highest BCUT2D eigenvalue weighted by molar-refractivity contribution is 14.1. The van der Waals surface area contributed by atoms with E-state index in [0.29, 0.717) is 27.4 Å². The van der Waals surface area contributed by atoms with Gasteiger partial charge in [-0.15, -0.1) is 0 Å². The van der Waals surface area contributed by atoms with E-state index in [4.69, 9.17) is 0 Å². The van der Waals surface area contributed by atoms with Crippen LogP contribution in [-0.2, 0) is 10.8 Å². The standard InChI is InChI=1S/C8H12IN3O2S/c1-2-15(14)4-3-10-7-6(9)8(13)12-5-11-7/h5H,2-4H2,1H3,(H2,10,11,12,13). The highest BCUT2D eigenvalue weighted by atomic mass is 127. The minimum absolute atomic E-state index is 0.162. The van der Waals surface area contributed by atoms with Crippen molar-refractivity contribution in [2.75, 3.05) is 23.4 Å². The largest absolute Gasteiger partial charge is 0.368 e. The van der Waals surface area contributed by atoms with Crippen molar-refractivity contribution in [2.24, 2.45) is 0 Å². The zero-order valence-corrected chi connectivity index (χ0v) is 11.2. The van der Waals surface area contributed by atoms with E-state index in [0.717, 1.165) is 0 Å². The zero-order chi connectivity index (χ0) is 11.3. The van der Waals surface area contributed by atoms with Gasteiger partial charge in [-0.1, -0.05) is 6.92 Å². The summed E-state index contributed by atoms with van der Waals surface area (Å²) in [5.41, 5.74) is -0.162. The van der Waals surface area contributed by atoms with E-state index in [-0.39, 0.29) is 5.56 Å². The maximum absolute atomic E-state index is 11.2. The molecule has 84 valence electrons. The summed E-state index contributed by atoms with van der Waals surface area (Å²) >= 11 is 1.93. The molecule has 1 unspecified atom stereocenters. The fraction of sp³-hybridized carbons (Fsp3) is 0.500. The van der Waals surface area contributed by atoms with Crippen LogP contribution in [-0.4, -0.2) is 32.2 Å². The molecule has 1 aromatic heterocycles. The van der Waals surface area contributed by atoms with Gasteiger partial charge in [0.2, 0.25) is 0 Å². The van der Waals surface area contributed by atoms with Crippen molar-refractivity contribution in [3.63, 3.8) is 0 Å². The molecule has 0 aromatic carbocycles. The van der Waals surface area contributed by atoms with E-state index in [1.165, 1.54) is 6.33 Å². The van der Waals surface area contributed by atoms with Crippen molar-refractivity contribution in [1.29, 1.82) is 0 Å². The normalized spacial score (nSPS) is 12.4. The second kappa shape index (κ2) is 6.21. The summed E-state index contributed by atoms with van der Waals surface area (Å²) < 4.78 is 11.7. The molecule has 15 heavy (non-hydrogen) atoms. The Hall–Kier alpha value is -0.440. The van der Waals surface area contributed by atoms with Gasteiger partial charge < -0.3 is 10.3 Å². The van der Waals surface area contributed by atoms with E-state index in [9.17, 15) is 9.00 Å². The Bertz CT molecular complexity index is 407. The number of rotatable bonds is 5. The number of nitrogens with zero attached hydrogens (tertiary/aromatic N) is 1. The lowest BCUT2D eigenvalue weighted by Crippen LogP contribution is -2.18. The number of nitrogens with one attached hydrogen (secondary N) is 2. The Morgan fingerprint density at radius 1 is 1.67 bits per heavy atom. The Morgan fingerprint density at radius 2 is 2.40 bits per heavy atom. The van der Waals surface area contributed by atoms with Crippen LogP contribution in [0.15, 0.2) is 11.1 Å². The first-order chi connectivity index (χ1) is 7.15. The molecule has 0 saturated carbocycles.